The zero-order chi connectivity index (χ0) is 21.7. The molecule has 0 saturated heterocycles. The lowest BCUT2D eigenvalue weighted by molar-refractivity contribution is -0.0473. The quantitative estimate of drug-likeness (QED) is 0.498. The van der Waals surface area contributed by atoms with Gasteiger partial charge >= 0.3 is 6.03 Å². The second-order valence-electron chi connectivity index (χ2n) is 7.56. The van der Waals surface area contributed by atoms with Gasteiger partial charge in [0.1, 0.15) is 22.6 Å². The summed E-state index contributed by atoms with van der Waals surface area (Å²) in [5.74, 6) is -4.08. The molecule has 162 valence electrons. The maximum absolute atomic E-state index is 14.9. The molecule has 4 rings (SSSR count). The summed E-state index contributed by atoms with van der Waals surface area (Å²) in [5, 5.41) is 16.9. The molecule has 0 spiro atoms. The minimum Gasteiger partial charge on any atom is -0.385 e. The van der Waals surface area contributed by atoms with Crippen LogP contribution in [0.4, 0.5) is 28.0 Å². The summed E-state index contributed by atoms with van der Waals surface area (Å²) in [6.07, 6.45) is 0.375. The van der Waals surface area contributed by atoms with Gasteiger partial charge in [0.2, 0.25) is 0 Å². The Morgan fingerprint density at radius 1 is 1.37 bits per heavy atom. The van der Waals surface area contributed by atoms with Gasteiger partial charge in [-0.2, -0.15) is 13.9 Å². The molecule has 0 radical (unpaired) electrons. The second kappa shape index (κ2) is 7.49. The molecule has 2 aromatic heterocycles. The molecule has 2 aliphatic rings. The van der Waals surface area contributed by atoms with Crippen molar-refractivity contribution in [2.45, 2.75) is 43.9 Å². The Morgan fingerprint density at radius 2 is 2.13 bits per heavy atom. The summed E-state index contributed by atoms with van der Waals surface area (Å²) in [6.45, 7) is -1.52. The summed E-state index contributed by atoms with van der Waals surface area (Å²) in [5.41, 5.74) is -1.85. The van der Waals surface area contributed by atoms with Crippen LogP contribution in [0.2, 0.25) is 0 Å². The van der Waals surface area contributed by atoms with E-state index in [1.54, 1.807) is 0 Å². The van der Waals surface area contributed by atoms with Crippen molar-refractivity contribution >= 4 is 27.6 Å². The number of halogens is 5. The van der Waals surface area contributed by atoms with Crippen LogP contribution in [0.25, 0.3) is 0 Å². The number of hydrogen-bond donors (Lipinski definition) is 2. The first-order valence-corrected chi connectivity index (χ1v) is 10.0. The van der Waals surface area contributed by atoms with Gasteiger partial charge in [-0.15, -0.1) is 0 Å². The van der Waals surface area contributed by atoms with Crippen molar-refractivity contribution in [3.63, 3.8) is 0 Å². The maximum Gasteiger partial charge on any atom is 0.322 e. The Labute approximate surface area is 177 Å². The van der Waals surface area contributed by atoms with Gasteiger partial charge in [0.25, 0.3) is 5.92 Å². The zero-order valence-corrected chi connectivity index (χ0v) is 17.2. The lowest BCUT2D eigenvalue weighted by Gasteiger charge is -2.28. The number of nitrogens with zero attached hydrogens (tertiary/aromatic N) is 4. The molecule has 2 amide bonds. The molecule has 0 saturated carbocycles. The number of alkyl halides is 3. The molecule has 0 unspecified atom stereocenters. The van der Waals surface area contributed by atoms with Crippen LogP contribution in [-0.2, 0) is 25.4 Å². The van der Waals surface area contributed by atoms with Crippen LogP contribution < -0.4 is 5.32 Å². The van der Waals surface area contributed by atoms with Crippen LogP contribution in [-0.4, -0.2) is 49.6 Å². The number of aliphatic hydroxyl groups is 1. The number of rotatable bonds is 2. The standard InChI is InChI=1S/C18H18BrF4N5O2/c19-15-13(21)12(1-5-24-15)25-16(29)27-6-2-11-10(7-27)14-18(22,23)4-3-17(30,8-20)9-28(14)26-11/h1,5,30H,2-4,6-9H2,(H,24,25,29)/t17-/m1/s1. The summed E-state index contributed by atoms with van der Waals surface area (Å²) in [7, 11) is 0. The topological polar surface area (TPSA) is 83.3 Å². The molecule has 2 aliphatic heterocycles. The van der Waals surface area contributed by atoms with E-state index in [-0.39, 0.29) is 41.9 Å². The van der Waals surface area contributed by atoms with Crippen molar-refractivity contribution in [1.82, 2.24) is 19.7 Å². The predicted molar refractivity (Wildman–Crippen MR) is 101 cm³/mol. The van der Waals surface area contributed by atoms with Gasteiger partial charge in [0.05, 0.1) is 24.5 Å². The Bertz CT molecular complexity index is 1000. The number of hydrogen-bond acceptors (Lipinski definition) is 4. The first-order valence-electron chi connectivity index (χ1n) is 9.25. The van der Waals surface area contributed by atoms with Crippen LogP contribution >= 0.6 is 15.9 Å². The Hall–Kier alpha value is -2.21. The molecule has 0 aliphatic carbocycles. The van der Waals surface area contributed by atoms with E-state index >= 15 is 0 Å². The Morgan fingerprint density at radius 3 is 2.87 bits per heavy atom. The van der Waals surface area contributed by atoms with Crippen molar-refractivity contribution in [2.75, 3.05) is 18.5 Å². The molecule has 0 bridgehead atoms. The summed E-state index contributed by atoms with van der Waals surface area (Å²) in [6, 6.07) is 0.625. The molecule has 4 heterocycles. The smallest absolute Gasteiger partial charge is 0.322 e. The molecule has 0 aromatic carbocycles. The third kappa shape index (κ3) is 3.66. The number of fused-ring (bicyclic) bond motifs is 3. The summed E-state index contributed by atoms with van der Waals surface area (Å²) < 4.78 is 58.0. The van der Waals surface area contributed by atoms with Gasteiger partial charge in [0.15, 0.2) is 5.82 Å². The molecule has 1 atom stereocenters. The number of amides is 2. The zero-order valence-electron chi connectivity index (χ0n) is 15.6. The predicted octanol–water partition coefficient (Wildman–Crippen LogP) is 3.36. The van der Waals surface area contributed by atoms with E-state index in [2.05, 4.69) is 31.3 Å². The Balaban J connectivity index is 1.61. The van der Waals surface area contributed by atoms with Crippen molar-refractivity contribution < 1.29 is 27.5 Å². The second-order valence-corrected chi connectivity index (χ2v) is 8.31. The minimum absolute atomic E-state index is 0.0665. The highest BCUT2D eigenvalue weighted by Gasteiger charge is 2.47. The highest BCUT2D eigenvalue weighted by Crippen LogP contribution is 2.42. The van der Waals surface area contributed by atoms with Gasteiger partial charge in [-0.1, -0.05) is 0 Å². The lowest BCUT2D eigenvalue weighted by atomic mass is 9.96. The lowest BCUT2D eigenvalue weighted by Crippen LogP contribution is -2.39. The van der Waals surface area contributed by atoms with Gasteiger partial charge < -0.3 is 15.3 Å². The van der Waals surface area contributed by atoms with Crippen molar-refractivity contribution in [3.8, 4) is 0 Å². The molecule has 2 aromatic rings. The van der Waals surface area contributed by atoms with E-state index < -0.39 is 48.6 Å². The number of anilines is 1. The monoisotopic (exact) mass is 491 g/mol. The molecular weight excluding hydrogens is 474 g/mol. The highest BCUT2D eigenvalue weighted by atomic mass is 79.9. The van der Waals surface area contributed by atoms with Crippen LogP contribution in [0.3, 0.4) is 0 Å². The third-order valence-corrected chi connectivity index (χ3v) is 5.97. The average molecular weight is 492 g/mol. The minimum atomic E-state index is -3.33. The molecule has 7 nitrogen and oxygen atoms in total. The normalized spacial score (nSPS) is 22.8. The van der Waals surface area contributed by atoms with Crippen molar-refractivity contribution in [3.05, 3.63) is 39.6 Å². The van der Waals surface area contributed by atoms with Crippen LogP contribution in [0, 0.1) is 5.82 Å². The van der Waals surface area contributed by atoms with E-state index in [0.717, 1.165) is 4.68 Å². The Kier molecular flexibility index (Phi) is 5.25. The van der Waals surface area contributed by atoms with Gasteiger partial charge in [-0.3, -0.25) is 4.68 Å². The number of nitrogens with one attached hydrogen (secondary N) is 1. The SMILES string of the molecule is O=C(Nc1ccnc(Br)c1F)N1CCc2nn3c(c2C1)C(F)(F)CC[C@@](O)(CF)C3. The number of urea groups is 1. The van der Waals surface area contributed by atoms with Gasteiger partial charge in [0, 0.05) is 31.1 Å². The maximum atomic E-state index is 14.9. The summed E-state index contributed by atoms with van der Waals surface area (Å²) >= 11 is 2.93. The highest BCUT2D eigenvalue weighted by molar-refractivity contribution is 9.10. The number of pyridine rings is 1. The molecule has 30 heavy (non-hydrogen) atoms. The van der Waals surface area contributed by atoms with E-state index in [1.807, 2.05) is 0 Å². The van der Waals surface area contributed by atoms with E-state index in [4.69, 9.17) is 0 Å². The van der Waals surface area contributed by atoms with Crippen molar-refractivity contribution in [2.24, 2.45) is 0 Å². The first-order chi connectivity index (χ1) is 14.1. The number of carbonyl (C=O) groups excluding carboxylic acids is 1. The van der Waals surface area contributed by atoms with Crippen LogP contribution in [0.1, 0.15) is 29.8 Å². The van der Waals surface area contributed by atoms with E-state index in [9.17, 15) is 27.5 Å². The fourth-order valence-electron chi connectivity index (χ4n) is 3.81. The van der Waals surface area contributed by atoms with E-state index in [0.29, 0.717) is 5.69 Å². The average Bonchev–Trinajstić information content (AvgIpc) is 3.02. The molecule has 0 fully saturated rings. The third-order valence-electron chi connectivity index (χ3n) is 5.42. The van der Waals surface area contributed by atoms with E-state index in [1.165, 1.54) is 17.2 Å². The number of carbonyl (C=O) groups is 1. The molecule has 2 N–H and O–H groups in total. The van der Waals surface area contributed by atoms with Crippen LogP contribution in [0.15, 0.2) is 16.9 Å². The summed E-state index contributed by atoms with van der Waals surface area (Å²) in [4.78, 5) is 17.6. The molecule has 12 heteroatoms. The van der Waals surface area contributed by atoms with Crippen LogP contribution in [0.5, 0.6) is 0 Å². The fraction of sp³-hybridized carbons (Fsp3) is 0.500. The first kappa shape index (κ1) is 21.0. The van der Waals surface area contributed by atoms with Crippen molar-refractivity contribution in [1.29, 1.82) is 0 Å². The fourth-order valence-corrected chi connectivity index (χ4v) is 4.14. The van der Waals surface area contributed by atoms with Gasteiger partial charge in [-0.25, -0.2) is 18.6 Å². The number of aromatic nitrogens is 3. The largest absolute Gasteiger partial charge is 0.385 e. The van der Waals surface area contributed by atoms with Gasteiger partial charge in [-0.05, 0) is 28.4 Å². The molecular formula is C18H18BrF4N5O2.